The average Bonchev–Trinajstić information content (AvgIpc) is 2.78. The highest BCUT2D eigenvalue weighted by molar-refractivity contribution is 7.18. The predicted octanol–water partition coefficient (Wildman–Crippen LogP) is 2.50. The molecule has 6 heteroatoms. The first kappa shape index (κ1) is 16.2. The lowest BCUT2D eigenvalue weighted by Crippen LogP contribution is -2.43. The summed E-state index contributed by atoms with van der Waals surface area (Å²) in [6, 6.07) is 0. The molecule has 1 unspecified atom stereocenters. The molecule has 0 radical (unpaired) electrons. The second-order valence-electron chi connectivity index (χ2n) is 7.51. The molecule has 0 saturated carbocycles. The number of aryl methyl sites for hydroxylation is 1. The van der Waals surface area contributed by atoms with Crippen molar-refractivity contribution in [2.24, 2.45) is 5.92 Å². The van der Waals surface area contributed by atoms with Gasteiger partial charge >= 0.3 is 0 Å². The van der Waals surface area contributed by atoms with Crippen molar-refractivity contribution in [1.29, 1.82) is 0 Å². The van der Waals surface area contributed by atoms with E-state index in [0.29, 0.717) is 5.92 Å². The number of fused-ring (bicyclic) bond motifs is 3. The minimum absolute atomic E-state index is 0.0140. The van der Waals surface area contributed by atoms with Gasteiger partial charge in [-0.2, -0.15) is 0 Å². The van der Waals surface area contributed by atoms with Crippen LogP contribution in [-0.4, -0.2) is 21.0 Å². The fraction of sp³-hybridized carbons (Fsp3) is 0.588. The van der Waals surface area contributed by atoms with E-state index < -0.39 is 0 Å². The van der Waals surface area contributed by atoms with Crippen molar-refractivity contribution in [3.8, 4) is 0 Å². The van der Waals surface area contributed by atoms with Gasteiger partial charge in [-0.15, -0.1) is 11.3 Å². The monoisotopic (exact) mass is 333 g/mol. The Kier molecular flexibility index (Phi) is 4.04. The fourth-order valence-electron chi connectivity index (χ4n) is 3.09. The van der Waals surface area contributed by atoms with Crippen molar-refractivity contribution in [3.63, 3.8) is 0 Å². The van der Waals surface area contributed by atoms with Crippen LogP contribution in [0.4, 0.5) is 0 Å². The van der Waals surface area contributed by atoms with E-state index in [-0.39, 0.29) is 23.6 Å². The lowest BCUT2D eigenvalue weighted by Gasteiger charge is -2.20. The van der Waals surface area contributed by atoms with Crippen LogP contribution in [0, 0.1) is 5.92 Å². The number of nitrogens with zero attached hydrogens (tertiary/aromatic N) is 2. The lowest BCUT2D eigenvalue weighted by molar-refractivity contribution is -0.123. The number of rotatable bonds is 2. The van der Waals surface area contributed by atoms with Crippen LogP contribution in [0.5, 0.6) is 0 Å². The van der Waals surface area contributed by atoms with E-state index in [1.807, 2.05) is 20.8 Å². The molecule has 1 atom stereocenters. The molecule has 23 heavy (non-hydrogen) atoms. The highest BCUT2D eigenvalue weighted by Crippen LogP contribution is 2.35. The van der Waals surface area contributed by atoms with Crippen molar-refractivity contribution in [1.82, 2.24) is 14.9 Å². The third-order valence-electron chi connectivity index (χ3n) is 4.11. The van der Waals surface area contributed by atoms with E-state index in [9.17, 15) is 9.59 Å². The zero-order valence-corrected chi connectivity index (χ0v) is 14.9. The van der Waals surface area contributed by atoms with Gasteiger partial charge in [0.25, 0.3) is 5.56 Å². The van der Waals surface area contributed by atoms with Gasteiger partial charge in [0, 0.05) is 10.4 Å². The van der Waals surface area contributed by atoms with Gasteiger partial charge in [-0.25, -0.2) is 4.98 Å². The minimum Gasteiger partial charge on any atom is -0.350 e. The number of aromatic nitrogens is 2. The highest BCUT2D eigenvalue weighted by Gasteiger charge is 2.23. The first-order valence-corrected chi connectivity index (χ1v) is 8.87. The molecule has 1 aliphatic carbocycles. The Hall–Kier alpha value is -1.69. The fourth-order valence-corrected chi connectivity index (χ4v) is 4.43. The number of thiophene rings is 1. The van der Waals surface area contributed by atoms with Gasteiger partial charge in [0.05, 0.1) is 11.7 Å². The Bertz CT molecular complexity index is 814. The Balaban J connectivity index is 1.96. The van der Waals surface area contributed by atoms with E-state index in [0.717, 1.165) is 35.0 Å². The van der Waals surface area contributed by atoms with E-state index in [1.165, 1.54) is 15.8 Å². The van der Waals surface area contributed by atoms with Crippen LogP contribution in [0.15, 0.2) is 11.1 Å². The maximum atomic E-state index is 12.8. The Morgan fingerprint density at radius 3 is 2.91 bits per heavy atom. The molecule has 5 nitrogen and oxygen atoms in total. The van der Waals surface area contributed by atoms with Crippen molar-refractivity contribution >= 4 is 27.5 Å². The Morgan fingerprint density at radius 1 is 1.48 bits per heavy atom. The number of nitrogens with one attached hydrogen (secondary N) is 1. The first-order chi connectivity index (χ1) is 10.7. The second-order valence-corrected chi connectivity index (χ2v) is 8.59. The molecule has 1 aliphatic rings. The van der Waals surface area contributed by atoms with Crippen molar-refractivity contribution in [3.05, 3.63) is 27.1 Å². The van der Waals surface area contributed by atoms with Crippen LogP contribution in [-0.2, 0) is 24.2 Å². The summed E-state index contributed by atoms with van der Waals surface area (Å²) in [6.07, 6.45) is 4.57. The Morgan fingerprint density at radius 2 is 2.22 bits per heavy atom. The van der Waals surface area contributed by atoms with E-state index in [2.05, 4.69) is 17.2 Å². The van der Waals surface area contributed by atoms with Gasteiger partial charge in [-0.3, -0.25) is 14.2 Å². The molecule has 2 aromatic rings. The van der Waals surface area contributed by atoms with E-state index >= 15 is 0 Å². The number of hydrogen-bond donors (Lipinski definition) is 1. The summed E-state index contributed by atoms with van der Waals surface area (Å²) in [7, 11) is 0. The van der Waals surface area contributed by atoms with E-state index in [4.69, 9.17) is 0 Å². The molecule has 1 amide bonds. The van der Waals surface area contributed by atoms with Gasteiger partial charge in [0.2, 0.25) is 5.91 Å². The Labute approximate surface area is 139 Å². The summed E-state index contributed by atoms with van der Waals surface area (Å²) in [5.74, 6) is 0.494. The summed E-state index contributed by atoms with van der Waals surface area (Å²) < 4.78 is 1.43. The van der Waals surface area contributed by atoms with Crippen LogP contribution in [0.1, 0.15) is 44.6 Å². The molecule has 124 valence electrons. The molecule has 0 fully saturated rings. The molecule has 2 aromatic heterocycles. The normalized spacial score (nSPS) is 18.0. The molecule has 0 spiro atoms. The van der Waals surface area contributed by atoms with E-state index in [1.54, 1.807) is 11.3 Å². The van der Waals surface area contributed by atoms with Crippen LogP contribution in [0.25, 0.3) is 10.2 Å². The average molecular weight is 333 g/mol. The third-order valence-corrected chi connectivity index (χ3v) is 5.27. The summed E-state index contributed by atoms with van der Waals surface area (Å²) >= 11 is 1.63. The van der Waals surface area contributed by atoms with Crippen LogP contribution >= 0.6 is 11.3 Å². The second kappa shape index (κ2) is 5.74. The molecule has 2 heterocycles. The summed E-state index contributed by atoms with van der Waals surface area (Å²) in [4.78, 5) is 31.4. The molecule has 0 aliphatic heterocycles. The van der Waals surface area contributed by atoms with Crippen LogP contribution in [0.3, 0.4) is 0 Å². The molecule has 1 N–H and O–H groups in total. The third kappa shape index (κ3) is 3.32. The van der Waals surface area contributed by atoms with Gasteiger partial charge < -0.3 is 5.32 Å². The first-order valence-electron chi connectivity index (χ1n) is 8.05. The number of carbonyl (C=O) groups is 1. The lowest BCUT2D eigenvalue weighted by atomic mass is 9.89. The summed E-state index contributed by atoms with van der Waals surface area (Å²) in [5.41, 5.74) is 0.757. The van der Waals surface area contributed by atoms with Crippen molar-refractivity contribution < 1.29 is 4.79 Å². The molecule has 0 bridgehead atoms. The highest BCUT2D eigenvalue weighted by atomic mass is 32.1. The molecule has 3 rings (SSSR count). The van der Waals surface area contributed by atoms with Gasteiger partial charge in [0.1, 0.15) is 11.4 Å². The largest absolute Gasteiger partial charge is 0.350 e. The summed E-state index contributed by atoms with van der Waals surface area (Å²) in [5, 5.41) is 3.61. The van der Waals surface area contributed by atoms with Gasteiger partial charge in [-0.1, -0.05) is 6.92 Å². The number of amides is 1. The molecule has 0 aromatic carbocycles. The van der Waals surface area contributed by atoms with Crippen LogP contribution in [0.2, 0.25) is 0 Å². The molecule has 0 saturated heterocycles. The topological polar surface area (TPSA) is 64.0 Å². The SMILES string of the molecule is CC1CCc2c(sc3ncn(CC(=O)NC(C)(C)C)c(=O)c23)C1. The molecular formula is C17H23N3O2S. The maximum Gasteiger partial charge on any atom is 0.262 e. The van der Waals surface area contributed by atoms with Gasteiger partial charge in [0.15, 0.2) is 0 Å². The maximum absolute atomic E-state index is 12.8. The van der Waals surface area contributed by atoms with Crippen LogP contribution < -0.4 is 10.9 Å². The predicted molar refractivity (Wildman–Crippen MR) is 93.0 cm³/mol. The van der Waals surface area contributed by atoms with Crippen molar-refractivity contribution in [2.75, 3.05) is 0 Å². The molecular weight excluding hydrogens is 310 g/mol. The zero-order valence-electron chi connectivity index (χ0n) is 14.1. The zero-order chi connectivity index (χ0) is 16.8. The standard InChI is InChI=1S/C17H23N3O2S/c1-10-5-6-11-12(7-10)23-15-14(11)16(22)20(9-18-15)8-13(21)19-17(2,3)4/h9-10H,5-8H2,1-4H3,(H,19,21). The minimum atomic E-state index is -0.310. The summed E-state index contributed by atoms with van der Waals surface area (Å²) in [6.45, 7) is 8.03. The van der Waals surface area contributed by atoms with Crippen molar-refractivity contribution in [2.45, 2.75) is 59.0 Å². The van der Waals surface area contributed by atoms with Gasteiger partial charge in [-0.05, 0) is 51.5 Å². The smallest absolute Gasteiger partial charge is 0.262 e. The quantitative estimate of drug-likeness (QED) is 0.918. The number of hydrogen-bond acceptors (Lipinski definition) is 4. The number of carbonyl (C=O) groups excluding carboxylic acids is 1.